The average Bonchev–Trinajstić information content (AvgIpc) is 2.95. The van der Waals surface area contributed by atoms with Gasteiger partial charge in [-0.05, 0) is 6.07 Å². The fraction of sp³-hybridized carbons (Fsp3) is 0. The first kappa shape index (κ1) is 10.0. The number of nitrogens with two attached hydrogens (primary N) is 1. The molecule has 0 atom stereocenters. The SMILES string of the molecule is NC(=O)c1nc(-c2coc3ccccc23)cs1. The minimum absolute atomic E-state index is 0.310. The van der Waals surface area contributed by atoms with Crippen LogP contribution in [0.5, 0.6) is 0 Å². The smallest absolute Gasteiger partial charge is 0.277 e. The van der Waals surface area contributed by atoms with Crippen molar-refractivity contribution in [2.24, 2.45) is 5.73 Å². The van der Waals surface area contributed by atoms with E-state index in [-0.39, 0.29) is 0 Å². The number of thiazole rings is 1. The van der Waals surface area contributed by atoms with Crippen molar-refractivity contribution in [2.45, 2.75) is 0 Å². The van der Waals surface area contributed by atoms with Gasteiger partial charge in [0.1, 0.15) is 11.8 Å². The number of para-hydroxylation sites is 1. The number of amides is 1. The van der Waals surface area contributed by atoms with Crippen LogP contribution in [0.4, 0.5) is 0 Å². The van der Waals surface area contributed by atoms with Gasteiger partial charge in [0.05, 0.1) is 5.69 Å². The van der Waals surface area contributed by atoms with Gasteiger partial charge in [-0.15, -0.1) is 11.3 Å². The Kier molecular flexibility index (Phi) is 2.19. The summed E-state index contributed by atoms with van der Waals surface area (Å²) in [7, 11) is 0. The molecule has 0 aliphatic heterocycles. The summed E-state index contributed by atoms with van der Waals surface area (Å²) >= 11 is 1.24. The molecule has 0 aliphatic carbocycles. The lowest BCUT2D eigenvalue weighted by Gasteiger charge is -1.91. The van der Waals surface area contributed by atoms with Gasteiger partial charge < -0.3 is 10.2 Å². The molecular formula is C12H8N2O2S. The summed E-state index contributed by atoms with van der Waals surface area (Å²) in [5, 5.41) is 3.09. The second-order valence-corrected chi connectivity index (χ2v) is 4.41. The first-order valence-corrected chi connectivity index (χ1v) is 5.85. The maximum Gasteiger partial charge on any atom is 0.277 e. The zero-order valence-electron chi connectivity index (χ0n) is 8.71. The normalized spacial score (nSPS) is 10.8. The van der Waals surface area contributed by atoms with Crippen LogP contribution in [0.15, 0.2) is 40.3 Å². The van der Waals surface area contributed by atoms with Crippen LogP contribution in [0.1, 0.15) is 9.80 Å². The second kappa shape index (κ2) is 3.71. The molecule has 1 amide bonds. The van der Waals surface area contributed by atoms with Crippen LogP contribution in [-0.4, -0.2) is 10.9 Å². The Labute approximate surface area is 101 Å². The van der Waals surface area contributed by atoms with Crippen LogP contribution < -0.4 is 5.73 Å². The molecule has 0 fully saturated rings. The number of furan rings is 1. The number of hydrogen-bond donors (Lipinski definition) is 1. The Balaban J connectivity index is 2.17. The summed E-state index contributed by atoms with van der Waals surface area (Å²) in [6.45, 7) is 0. The number of aromatic nitrogens is 1. The number of benzene rings is 1. The highest BCUT2D eigenvalue weighted by Gasteiger charge is 2.12. The highest BCUT2D eigenvalue weighted by Crippen LogP contribution is 2.30. The monoisotopic (exact) mass is 244 g/mol. The molecule has 2 heterocycles. The molecule has 2 N–H and O–H groups in total. The van der Waals surface area contributed by atoms with Crippen molar-refractivity contribution in [1.82, 2.24) is 4.98 Å². The molecule has 17 heavy (non-hydrogen) atoms. The van der Waals surface area contributed by atoms with Crippen LogP contribution in [-0.2, 0) is 0 Å². The fourth-order valence-corrected chi connectivity index (χ4v) is 2.36. The molecule has 0 spiro atoms. The molecule has 0 radical (unpaired) electrons. The van der Waals surface area contributed by atoms with Gasteiger partial charge in [-0.25, -0.2) is 4.98 Å². The molecule has 3 rings (SSSR count). The van der Waals surface area contributed by atoms with Gasteiger partial charge in [-0.2, -0.15) is 0 Å². The Morgan fingerprint density at radius 1 is 1.35 bits per heavy atom. The van der Waals surface area contributed by atoms with Gasteiger partial charge in [0.2, 0.25) is 0 Å². The molecule has 5 heteroatoms. The van der Waals surface area contributed by atoms with E-state index in [4.69, 9.17) is 10.2 Å². The lowest BCUT2D eigenvalue weighted by Crippen LogP contribution is -2.10. The molecule has 1 aromatic carbocycles. The van der Waals surface area contributed by atoms with Crippen molar-refractivity contribution in [2.75, 3.05) is 0 Å². The van der Waals surface area contributed by atoms with Crippen LogP contribution in [0, 0.1) is 0 Å². The number of fused-ring (bicyclic) bond motifs is 1. The van der Waals surface area contributed by atoms with E-state index in [0.717, 1.165) is 16.5 Å². The summed E-state index contributed by atoms with van der Waals surface area (Å²) in [5.74, 6) is -0.506. The first-order valence-electron chi connectivity index (χ1n) is 4.97. The molecule has 4 nitrogen and oxygen atoms in total. The van der Waals surface area contributed by atoms with Crippen LogP contribution >= 0.6 is 11.3 Å². The highest BCUT2D eigenvalue weighted by molar-refractivity contribution is 7.12. The summed E-state index contributed by atoms with van der Waals surface area (Å²) in [6, 6.07) is 7.69. The third kappa shape index (κ3) is 1.60. The van der Waals surface area contributed by atoms with E-state index < -0.39 is 5.91 Å². The number of nitrogens with zero attached hydrogens (tertiary/aromatic N) is 1. The van der Waals surface area contributed by atoms with Gasteiger partial charge in [0.25, 0.3) is 5.91 Å². The molecular weight excluding hydrogens is 236 g/mol. The van der Waals surface area contributed by atoms with Crippen molar-refractivity contribution in [3.63, 3.8) is 0 Å². The van der Waals surface area contributed by atoms with E-state index in [9.17, 15) is 4.79 Å². The topological polar surface area (TPSA) is 69.1 Å². The number of primary amides is 1. The van der Waals surface area contributed by atoms with Gasteiger partial charge in [0.15, 0.2) is 5.01 Å². The number of carbonyl (C=O) groups excluding carboxylic acids is 1. The van der Waals surface area contributed by atoms with E-state index in [1.54, 1.807) is 11.6 Å². The zero-order valence-corrected chi connectivity index (χ0v) is 9.53. The van der Waals surface area contributed by atoms with Crippen LogP contribution in [0.3, 0.4) is 0 Å². The standard InChI is InChI=1S/C12H8N2O2S/c13-11(15)12-14-9(6-17-12)8-5-16-10-4-2-1-3-7(8)10/h1-6H,(H2,13,15). The summed E-state index contributed by atoms with van der Waals surface area (Å²) in [5.41, 5.74) is 7.58. The van der Waals surface area contributed by atoms with Crippen molar-refractivity contribution in [3.8, 4) is 11.3 Å². The molecule has 2 aromatic heterocycles. The van der Waals surface area contributed by atoms with Crippen molar-refractivity contribution >= 4 is 28.2 Å². The average molecular weight is 244 g/mol. The predicted molar refractivity (Wildman–Crippen MR) is 65.8 cm³/mol. The Morgan fingerprint density at radius 3 is 2.94 bits per heavy atom. The van der Waals surface area contributed by atoms with E-state index in [1.165, 1.54) is 11.3 Å². The predicted octanol–water partition coefficient (Wildman–Crippen LogP) is 2.66. The Bertz CT molecular complexity index is 699. The third-order valence-electron chi connectivity index (χ3n) is 2.47. The largest absolute Gasteiger partial charge is 0.464 e. The zero-order chi connectivity index (χ0) is 11.8. The van der Waals surface area contributed by atoms with E-state index in [0.29, 0.717) is 10.7 Å². The molecule has 84 valence electrons. The van der Waals surface area contributed by atoms with Gasteiger partial charge in [0, 0.05) is 16.3 Å². The number of carbonyl (C=O) groups is 1. The van der Waals surface area contributed by atoms with E-state index >= 15 is 0 Å². The second-order valence-electron chi connectivity index (χ2n) is 3.55. The Hall–Kier alpha value is -2.14. The first-order chi connectivity index (χ1) is 8.25. The number of rotatable bonds is 2. The van der Waals surface area contributed by atoms with Crippen LogP contribution in [0.2, 0.25) is 0 Å². The molecule has 0 aliphatic rings. The van der Waals surface area contributed by atoms with Crippen molar-refractivity contribution in [1.29, 1.82) is 0 Å². The Morgan fingerprint density at radius 2 is 2.18 bits per heavy atom. The minimum atomic E-state index is -0.506. The van der Waals surface area contributed by atoms with Crippen molar-refractivity contribution in [3.05, 3.63) is 40.9 Å². The van der Waals surface area contributed by atoms with Gasteiger partial charge in [-0.1, -0.05) is 18.2 Å². The quantitative estimate of drug-likeness (QED) is 0.753. The molecule has 0 saturated carbocycles. The summed E-state index contributed by atoms with van der Waals surface area (Å²) in [4.78, 5) is 15.2. The molecule has 0 saturated heterocycles. The molecule has 3 aromatic rings. The fourth-order valence-electron chi connectivity index (χ4n) is 1.69. The lowest BCUT2D eigenvalue weighted by molar-refractivity contribution is 0.1000. The van der Waals surface area contributed by atoms with E-state index in [2.05, 4.69) is 4.98 Å². The third-order valence-corrected chi connectivity index (χ3v) is 3.33. The van der Waals surface area contributed by atoms with E-state index in [1.807, 2.05) is 24.3 Å². The van der Waals surface area contributed by atoms with Crippen LogP contribution in [0.25, 0.3) is 22.2 Å². The summed E-state index contributed by atoms with van der Waals surface area (Å²) in [6.07, 6.45) is 1.64. The molecule has 0 bridgehead atoms. The lowest BCUT2D eigenvalue weighted by atomic mass is 10.1. The summed E-state index contributed by atoms with van der Waals surface area (Å²) < 4.78 is 5.42. The molecule has 0 unspecified atom stereocenters. The van der Waals surface area contributed by atoms with Gasteiger partial charge in [-0.3, -0.25) is 4.79 Å². The van der Waals surface area contributed by atoms with Crippen molar-refractivity contribution < 1.29 is 9.21 Å². The number of hydrogen-bond acceptors (Lipinski definition) is 4. The van der Waals surface area contributed by atoms with Gasteiger partial charge >= 0.3 is 0 Å². The maximum atomic E-state index is 11.0. The highest BCUT2D eigenvalue weighted by atomic mass is 32.1. The minimum Gasteiger partial charge on any atom is -0.464 e. The maximum absolute atomic E-state index is 11.0.